The van der Waals surface area contributed by atoms with Gasteiger partial charge >= 0.3 is 5.97 Å². The fourth-order valence-corrected chi connectivity index (χ4v) is 3.33. The number of hydrogen-bond donors (Lipinski definition) is 0. The van der Waals surface area contributed by atoms with Crippen LogP contribution in [-0.2, 0) is 9.63 Å². The van der Waals surface area contributed by atoms with E-state index in [0.29, 0.717) is 29.4 Å². The Morgan fingerprint density at radius 3 is 2.69 bits per heavy atom. The minimum absolute atomic E-state index is 0.413. The largest absolute Gasteiger partial charge is 0.493 e. The van der Waals surface area contributed by atoms with E-state index in [0.717, 1.165) is 21.1 Å². The van der Waals surface area contributed by atoms with Gasteiger partial charge in [-0.3, -0.25) is 0 Å². The second-order valence-electron chi connectivity index (χ2n) is 5.63. The highest BCUT2D eigenvalue weighted by Gasteiger charge is 2.27. The highest BCUT2D eigenvalue weighted by Crippen LogP contribution is 2.35. The minimum atomic E-state index is -0.468. The maximum absolute atomic E-state index is 12.1. The standard InChI is InChI=1S/C20H18INO4/c1-3-9-25-19-16(21)11-13(12-17(19)24-2)10-15-18(22-26-20(15)23)14-7-5-4-6-8-14/h4-8,10-12H,3,9H2,1-2H3/b15-10-. The number of hydrogen-bond acceptors (Lipinski definition) is 5. The molecule has 1 heterocycles. The highest BCUT2D eigenvalue weighted by molar-refractivity contribution is 14.1. The Hall–Kier alpha value is -2.35. The molecular weight excluding hydrogens is 445 g/mol. The van der Waals surface area contributed by atoms with E-state index in [4.69, 9.17) is 14.3 Å². The fraction of sp³-hybridized carbons (Fsp3) is 0.200. The second kappa shape index (κ2) is 8.35. The predicted octanol–water partition coefficient (Wildman–Crippen LogP) is 4.43. The first-order chi connectivity index (χ1) is 12.6. The summed E-state index contributed by atoms with van der Waals surface area (Å²) in [5.74, 6) is 0.869. The summed E-state index contributed by atoms with van der Waals surface area (Å²) >= 11 is 2.20. The Bertz CT molecular complexity index is 875. The summed E-state index contributed by atoms with van der Waals surface area (Å²) in [4.78, 5) is 17.0. The van der Waals surface area contributed by atoms with Gasteiger partial charge in [0.15, 0.2) is 11.5 Å². The van der Waals surface area contributed by atoms with Gasteiger partial charge in [-0.25, -0.2) is 4.79 Å². The molecule has 0 atom stereocenters. The van der Waals surface area contributed by atoms with Gasteiger partial charge in [-0.1, -0.05) is 42.4 Å². The van der Waals surface area contributed by atoms with Crippen LogP contribution in [0.15, 0.2) is 53.2 Å². The summed E-state index contributed by atoms with van der Waals surface area (Å²) in [7, 11) is 1.60. The summed E-state index contributed by atoms with van der Waals surface area (Å²) in [6.07, 6.45) is 2.67. The van der Waals surface area contributed by atoms with Gasteiger partial charge in [0, 0.05) is 5.56 Å². The number of methoxy groups -OCH3 is 1. The monoisotopic (exact) mass is 463 g/mol. The van der Waals surface area contributed by atoms with E-state index in [-0.39, 0.29) is 0 Å². The van der Waals surface area contributed by atoms with Gasteiger partial charge in [-0.05, 0) is 52.8 Å². The molecule has 2 aromatic rings. The molecule has 6 heteroatoms. The van der Waals surface area contributed by atoms with Crippen molar-refractivity contribution in [2.45, 2.75) is 13.3 Å². The Morgan fingerprint density at radius 2 is 2.00 bits per heavy atom. The van der Waals surface area contributed by atoms with Crippen LogP contribution in [0, 0.1) is 3.57 Å². The third kappa shape index (κ3) is 3.90. The van der Waals surface area contributed by atoms with Crippen molar-refractivity contribution in [3.05, 3.63) is 62.7 Å². The molecule has 0 unspecified atom stereocenters. The van der Waals surface area contributed by atoms with Crippen molar-refractivity contribution in [1.29, 1.82) is 0 Å². The molecule has 0 radical (unpaired) electrons. The predicted molar refractivity (Wildman–Crippen MR) is 109 cm³/mol. The number of ether oxygens (including phenoxy) is 2. The molecule has 0 bridgehead atoms. The summed E-state index contributed by atoms with van der Waals surface area (Å²) in [5.41, 5.74) is 2.58. The van der Waals surface area contributed by atoms with Crippen molar-refractivity contribution >= 4 is 40.3 Å². The lowest BCUT2D eigenvalue weighted by Gasteiger charge is -2.13. The van der Waals surface area contributed by atoms with Crippen LogP contribution in [-0.4, -0.2) is 25.4 Å². The Balaban J connectivity index is 1.99. The molecule has 0 spiro atoms. The van der Waals surface area contributed by atoms with Gasteiger partial charge in [0.25, 0.3) is 0 Å². The number of benzene rings is 2. The zero-order valence-electron chi connectivity index (χ0n) is 14.5. The molecule has 3 rings (SSSR count). The van der Waals surface area contributed by atoms with Crippen LogP contribution in [0.4, 0.5) is 0 Å². The first-order valence-electron chi connectivity index (χ1n) is 8.21. The van der Waals surface area contributed by atoms with Crippen molar-refractivity contribution in [3.63, 3.8) is 0 Å². The normalized spacial score (nSPS) is 15.0. The van der Waals surface area contributed by atoms with Gasteiger partial charge in [0.2, 0.25) is 0 Å². The number of halogens is 1. The summed E-state index contributed by atoms with van der Waals surface area (Å²) in [6, 6.07) is 13.3. The van der Waals surface area contributed by atoms with E-state index in [1.165, 1.54) is 0 Å². The van der Waals surface area contributed by atoms with E-state index < -0.39 is 5.97 Å². The molecular formula is C20H18INO4. The third-order valence-electron chi connectivity index (χ3n) is 3.76. The number of nitrogens with zero attached hydrogens (tertiary/aromatic N) is 1. The number of carbonyl (C=O) groups excluding carboxylic acids is 1. The van der Waals surface area contributed by atoms with E-state index >= 15 is 0 Å². The minimum Gasteiger partial charge on any atom is -0.493 e. The van der Waals surface area contributed by atoms with E-state index in [2.05, 4.69) is 27.7 Å². The Labute approximate surface area is 165 Å². The Morgan fingerprint density at radius 1 is 1.23 bits per heavy atom. The van der Waals surface area contributed by atoms with Gasteiger partial charge < -0.3 is 14.3 Å². The van der Waals surface area contributed by atoms with Crippen molar-refractivity contribution in [2.24, 2.45) is 5.16 Å². The lowest BCUT2D eigenvalue weighted by Crippen LogP contribution is -2.07. The molecule has 26 heavy (non-hydrogen) atoms. The van der Waals surface area contributed by atoms with Crippen LogP contribution in [0.1, 0.15) is 24.5 Å². The molecule has 1 aliphatic heterocycles. The quantitative estimate of drug-likeness (QED) is 0.361. The molecule has 0 aliphatic carbocycles. The van der Waals surface area contributed by atoms with Crippen molar-refractivity contribution < 1.29 is 19.1 Å². The third-order valence-corrected chi connectivity index (χ3v) is 4.56. The molecule has 0 fully saturated rings. The molecule has 1 aliphatic rings. The van der Waals surface area contributed by atoms with E-state index in [1.807, 2.05) is 49.4 Å². The van der Waals surface area contributed by atoms with Gasteiger partial charge in [-0.15, -0.1) is 0 Å². The Kier molecular flexibility index (Phi) is 5.92. The molecule has 0 amide bonds. The summed E-state index contributed by atoms with van der Waals surface area (Å²) < 4.78 is 12.1. The maximum atomic E-state index is 12.1. The zero-order valence-corrected chi connectivity index (χ0v) is 16.6. The topological polar surface area (TPSA) is 57.1 Å². The first-order valence-corrected chi connectivity index (χ1v) is 9.29. The van der Waals surface area contributed by atoms with Crippen molar-refractivity contribution in [1.82, 2.24) is 0 Å². The molecule has 0 N–H and O–H groups in total. The molecule has 0 saturated heterocycles. The van der Waals surface area contributed by atoms with Crippen LogP contribution in [0.5, 0.6) is 11.5 Å². The smallest absolute Gasteiger partial charge is 0.368 e. The van der Waals surface area contributed by atoms with Crippen LogP contribution in [0.2, 0.25) is 0 Å². The molecule has 5 nitrogen and oxygen atoms in total. The van der Waals surface area contributed by atoms with Crippen LogP contribution in [0.25, 0.3) is 6.08 Å². The lowest BCUT2D eigenvalue weighted by molar-refractivity contribution is -0.136. The lowest BCUT2D eigenvalue weighted by atomic mass is 10.0. The molecule has 0 aromatic heterocycles. The first kappa shape index (κ1) is 18.4. The summed E-state index contributed by atoms with van der Waals surface area (Å²) in [6.45, 7) is 2.66. The van der Waals surface area contributed by atoms with Gasteiger partial charge in [-0.2, -0.15) is 0 Å². The number of rotatable bonds is 6. The van der Waals surface area contributed by atoms with E-state index in [1.54, 1.807) is 13.2 Å². The van der Waals surface area contributed by atoms with Crippen LogP contribution < -0.4 is 9.47 Å². The van der Waals surface area contributed by atoms with Gasteiger partial charge in [0.1, 0.15) is 5.71 Å². The molecule has 2 aromatic carbocycles. The van der Waals surface area contributed by atoms with Crippen molar-refractivity contribution in [3.8, 4) is 11.5 Å². The highest BCUT2D eigenvalue weighted by atomic mass is 127. The van der Waals surface area contributed by atoms with Gasteiger partial charge in [0.05, 0.1) is 22.9 Å². The molecule has 0 saturated carbocycles. The SMILES string of the molecule is CCCOc1c(I)cc(/C=C2\C(=O)ON=C2c2ccccc2)cc1OC. The van der Waals surface area contributed by atoms with Crippen LogP contribution >= 0.6 is 22.6 Å². The fourth-order valence-electron chi connectivity index (χ4n) is 2.55. The number of oxime groups is 1. The zero-order chi connectivity index (χ0) is 18.5. The van der Waals surface area contributed by atoms with Crippen LogP contribution in [0.3, 0.4) is 0 Å². The van der Waals surface area contributed by atoms with Crippen molar-refractivity contribution in [2.75, 3.05) is 13.7 Å². The average Bonchev–Trinajstić information content (AvgIpc) is 3.01. The van der Waals surface area contributed by atoms with E-state index in [9.17, 15) is 4.79 Å². The number of carbonyl (C=O) groups is 1. The average molecular weight is 463 g/mol. The second-order valence-corrected chi connectivity index (χ2v) is 6.79. The summed E-state index contributed by atoms with van der Waals surface area (Å²) in [5, 5.41) is 3.93. The molecule has 134 valence electrons. The maximum Gasteiger partial charge on any atom is 0.368 e.